The molecule has 0 aliphatic carbocycles. The fourth-order valence-corrected chi connectivity index (χ4v) is 2.60. The van der Waals surface area contributed by atoms with Gasteiger partial charge in [0, 0.05) is 24.5 Å². The molecule has 0 bridgehead atoms. The fourth-order valence-electron chi connectivity index (χ4n) is 2.60. The molecule has 0 amide bonds. The van der Waals surface area contributed by atoms with Gasteiger partial charge in [-0.1, -0.05) is 12.8 Å². The Hall–Kier alpha value is -1.16. The normalized spacial score (nSPS) is 18.3. The summed E-state index contributed by atoms with van der Waals surface area (Å²) in [6.45, 7) is 7.97. The zero-order chi connectivity index (χ0) is 12.8. The quantitative estimate of drug-likeness (QED) is 0.889. The minimum Gasteiger partial charge on any atom is -0.363 e. The van der Waals surface area contributed by atoms with E-state index in [1.54, 1.807) is 18.6 Å². The lowest BCUT2D eigenvalue weighted by Gasteiger charge is -2.33. The molecule has 0 spiro atoms. The Bertz CT molecular complexity index is 342. The molecule has 4 heteroatoms. The summed E-state index contributed by atoms with van der Waals surface area (Å²) in [7, 11) is 0. The summed E-state index contributed by atoms with van der Waals surface area (Å²) in [6.07, 6.45) is 10.6. The van der Waals surface area contributed by atoms with Gasteiger partial charge in [-0.25, -0.2) is 4.98 Å². The molecular formula is C14H24N4. The van der Waals surface area contributed by atoms with Crippen molar-refractivity contribution in [1.82, 2.24) is 14.9 Å². The number of aromatic nitrogens is 2. The van der Waals surface area contributed by atoms with E-state index in [0.29, 0.717) is 0 Å². The number of nitrogens with one attached hydrogen (secondary N) is 1. The topological polar surface area (TPSA) is 41.0 Å². The van der Waals surface area contributed by atoms with E-state index < -0.39 is 0 Å². The summed E-state index contributed by atoms with van der Waals surface area (Å²) >= 11 is 0. The lowest BCUT2D eigenvalue weighted by Crippen LogP contribution is -2.44. The summed E-state index contributed by atoms with van der Waals surface area (Å²) in [4.78, 5) is 10.9. The van der Waals surface area contributed by atoms with E-state index in [1.165, 1.54) is 38.8 Å². The Morgan fingerprint density at radius 1 is 1.17 bits per heavy atom. The van der Waals surface area contributed by atoms with Gasteiger partial charge in [0.1, 0.15) is 5.82 Å². The first-order chi connectivity index (χ1) is 8.66. The molecule has 1 fully saturated rings. The smallest absolute Gasteiger partial charge is 0.144 e. The molecule has 0 saturated carbocycles. The van der Waals surface area contributed by atoms with E-state index in [4.69, 9.17) is 0 Å². The van der Waals surface area contributed by atoms with Crippen molar-refractivity contribution in [1.29, 1.82) is 0 Å². The number of anilines is 1. The average Bonchev–Trinajstić information content (AvgIpc) is 2.57. The third kappa shape index (κ3) is 4.26. The van der Waals surface area contributed by atoms with Crippen LogP contribution in [0.15, 0.2) is 18.6 Å². The van der Waals surface area contributed by atoms with E-state index in [-0.39, 0.29) is 5.54 Å². The van der Waals surface area contributed by atoms with Crippen LogP contribution in [-0.4, -0.2) is 40.0 Å². The molecule has 1 N–H and O–H groups in total. The van der Waals surface area contributed by atoms with Crippen LogP contribution in [0.5, 0.6) is 0 Å². The van der Waals surface area contributed by atoms with Crippen molar-refractivity contribution in [3.63, 3.8) is 0 Å². The van der Waals surface area contributed by atoms with Crippen LogP contribution in [0, 0.1) is 0 Å². The number of likely N-dealkylation sites (tertiary alicyclic amines) is 1. The molecule has 100 valence electrons. The largest absolute Gasteiger partial charge is 0.363 e. The standard InChI is InChI=1S/C14H24N4/c1-14(2,17-13-11-15-7-8-16-13)12-18-9-5-3-4-6-10-18/h7-8,11H,3-6,9-10,12H2,1-2H3,(H,16,17). The van der Waals surface area contributed by atoms with Gasteiger partial charge >= 0.3 is 0 Å². The summed E-state index contributed by atoms with van der Waals surface area (Å²) < 4.78 is 0. The van der Waals surface area contributed by atoms with Crippen LogP contribution in [0.2, 0.25) is 0 Å². The SMILES string of the molecule is CC(C)(CN1CCCCCC1)Nc1cnccn1. The van der Waals surface area contributed by atoms with Gasteiger partial charge in [0.25, 0.3) is 0 Å². The summed E-state index contributed by atoms with van der Waals surface area (Å²) in [5.74, 6) is 0.859. The monoisotopic (exact) mass is 248 g/mol. The lowest BCUT2D eigenvalue weighted by molar-refractivity contribution is 0.243. The Labute approximate surface area is 110 Å². The number of hydrogen-bond acceptors (Lipinski definition) is 4. The van der Waals surface area contributed by atoms with Gasteiger partial charge in [0.15, 0.2) is 0 Å². The Kier molecular flexibility index (Phi) is 4.53. The van der Waals surface area contributed by atoms with Crippen molar-refractivity contribution in [3.8, 4) is 0 Å². The molecule has 1 aromatic heterocycles. The van der Waals surface area contributed by atoms with Crippen LogP contribution in [0.25, 0.3) is 0 Å². The van der Waals surface area contributed by atoms with Crippen LogP contribution < -0.4 is 5.32 Å². The maximum atomic E-state index is 4.28. The van der Waals surface area contributed by atoms with Crippen LogP contribution in [0.1, 0.15) is 39.5 Å². The van der Waals surface area contributed by atoms with E-state index in [9.17, 15) is 0 Å². The predicted molar refractivity (Wildman–Crippen MR) is 74.6 cm³/mol. The third-order valence-electron chi connectivity index (χ3n) is 3.35. The average molecular weight is 248 g/mol. The molecule has 1 saturated heterocycles. The van der Waals surface area contributed by atoms with Crippen molar-refractivity contribution in [2.45, 2.75) is 45.1 Å². The Balaban J connectivity index is 1.89. The van der Waals surface area contributed by atoms with Crippen molar-refractivity contribution >= 4 is 5.82 Å². The second-order valence-electron chi connectivity index (χ2n) is 5.79. The summed E-state index contributed by atoms with van der Waals surface area (Å²) in [6, 6.07) is 0. The first kappa shape index (κ1) is 13.3. The zero-order valence-corrected chi connectivity index (χ0v) is 11.5. The molecule has 2 heterocycles. The molecule has 18 heavy (non-hydrogen) atoms. The molecule has 0 atom stereocenters. The highest BCUT2D eigenvalue weighted by molar-refractivity contribution is 5.33. The van der Waals surface area contributed by atoms with Crippen LogP contribution in [0.4, 0.5) is 5.82 Å². The highest BCUT2D eigenvalue weighted by Crippen LogP contribution is 2.16. The van der Waals surface area contributed by atoms with Crippen LogP contribution in [-0.2, 0) is 0 Å². The summed E-state index contributed by atoms with van der Waals surface area (Å²) in [5, 5.41) is 3.47. The zero-order valence-electron chi connectivity index (χ0n) is 11.5. The third-order valence-corrected chi connectivity index (χ3v) is 3.35. The minimum absolute atomic E-state index is 0.0281. The van der Waals surface area contributed by atoms with E-state index in [2.05, 4.69) is 34.0 Å². The minimum atomic E-state index is 0.0281. The Morgan fingerprint density at radius 3 is 2.50 bits per heavy atom. The van der Waals surface area contributed by atoms with Crippen LogP contribution >= 0.6 is 0 Å². The van der Waals surface area contributed by atoms with E-state index >= 15 is 0 Å². The van der Waals surface area contributed by atoms with Crippen molar-refractivity contribution in [2.24, 2.45) is 0 Å². The van der Waals surface area contributed by atoms with Gasteiger partial charge in [-0.2, -0.15) is 0 Å². The second-order valence-corrected chi connectivity index (χ2v) is 5.79. The first-order valence-electron chi connectivity index (χ1n) is 6.92. The van der Waals surface area contributed by atoms with Gasteiger partial charge in [-0.3, -0.25) is 4.98 Å². The van der Waals surface area contributed by atoms with Gasteiger partial charge in [-0.05, 0) is 39.8 Å². The molecule has 0 unspecified atom stereocenters. The highest BCUT2D eigenvalue weighted by Gasteiger charge is 2.22. The highest BCUT2D eigenvalue weighted by atomic mass is 15.2. The van der Waals surface area contributed by atoms with Gasteiger partial charge in [0.05, 0.1) is 6.20 Å². The number of hydrogen-bond donors (Lipinski definition) is 1. The molecular weight excluding hydrogens is 224 g/mol. The molecule has 0 radical (unpaired) electrons. The van der Waals surface area contributed by atoms with E-state index in [1.807, 2.05) is 0 Å². The maximum Gasteiger partial charge on any atom is 0.144 e. The second kappa shape index (κ2) is 6.14. The van der Waals surface area contributed by atoms with Crippen molar-refractivity contribution in [3.05, 3.63) is 18.6 Å². The maximum absolute atomic E-state index is 4.28. The predicted octanol–water partition coefficient (Wildman–Crippen LogP) is 2.54. The molecule has 1 aliphatic heterocycles. The van der Waals surface area contributed by atoms with Crippen molar-refractivity contribution < 1.29 is 0 Å². The van der Waals surface area contributed by atoms with Gasteiger partial charge in [-0.15, -0.1) is 0 Å². The van der Waals surface area contributed by atoms with Crippen LogP contribution in [0.3, 0.4) is 0 Å². The fraction of sp³-hybridized carbons (Fsp3) is 0.714. The number of nitrogens with zero attached hydrogens (tertiary/aromatic N) is 3. The van der Waals surface area contributed by atoms with E-state index in [0.717, 1.165) is 12.4 Å². The summed E-state index contributed by atoms with van der Waals surface area (Å²) in [5.41, 5.74) is 0.0281. The molecule has 1 aromatic rings. The first-order valence-corrected chi connectivity index (χ1v) is 6.92. The molecule has 0 aromatic carbocycles. The molecule has 2 rings (SSSR count). The molecule has 4 nitrogen and oxygen atoms in total. The van der Waals surface area contributed by atoms with Gasteiger partial charge in [0.2, 0.25) is 0 Å². The number of rotatable bonds is 4. The lowest BCUT2D eigenvalue weighted by atomic mass is 10.0. The molecule has 1 aliphatic rings. The van der Waals surface area contributed by atoms with Crippen molar-refractivity contribution in [2.75, 3.05) is 25.0 Å². The van der Waals surface area contributed by atoms with Gasteiger partial charge < -0.3 is 10.2 Å². The Morgan fingerprint density at radius 2 is 1.89 bits per heavy atom.